The third-order valence-corrected chi connectivity index (χ3v) is 2.88. The van der Waals surface area contributed by atoms with Gasteiger partial charge in [0, 0.05) is 42.5 Å². The van der Waals surface area contributed by atoms with Gasteiger partial charge in [0.25, 0.3) is 0 Å². The van der Waals surface area contributed by atoms with Crippen LogP contribution in [0.3, 0.4) is 0 Å². The van der Waals surface area contributed by atoms with Crippen LogP contribution in [0.25, 0.3) is 10.4 Å². The van der Waals surface area contributed by atoms with Crippen LogP contribution >= 0.6 is 0 Å². The lowest BCUT2D eigenvalue weighted by Crippen LogP contribution is -2.44. The van der Waals surface area contributed by atoms with Gasteiger partial charge in [-0.05, 0) is 24.7 Å². The van der Waals surface area contributed by atoms with Crippen molar-refractivity contribution in [3.05, 3.63) is 34.7 Å². The molecule has 1 aromatic carbocycles. The van der Waals surface area contributed by atoms with E-state index in [2.05, 4.69) is 26.9 Å². The van der Waals surface area contributed by atoms with Gasteiger partial charge in [-0.2, -0.15) is 0 Å². The Morgan fingerprint density at radius 1 is 1.12 bits per heavy atom. The number of azide groups is 1. The zero-order valence-corrected chi connectivity index (χ0v) is 9.37. The molecule has 0 unspecified atom stereocenters. The molecule has 0 saturated carbocycles. The van der Waals surface area contributed by atoms with Crippen LogP contribution in [0.5, 0.6) is 0 Å². The highest BCUT2D eigenvalue weighted by molar-refractivity contribution is 5.53. The van der Waals surface area contributed by atoms with Crippen LogP contribution in [0.4, 0.5) is 11.4 Å². The molecule has 1 aliphatic rings. The molecule has 1 fully saturated rings. The molecule has 2 rings (SSSR count). The van der Waals surface area contributed by atoms with Crippen LogP contribution in [0.15, 0.2) is 29.4 Å². The van der Waals surface area contributed by atoms with E-state index in [0.717, 1.165) is 26.2 Å². The summed E-state index contributed by atoms with van der Waals surface area (Å²) >= 11 is 0. The van der Waals surface area contributed by atoms with Gasteiger partial charge < -0.3 is 9.80 Å². The summed E-state index contributed by atoms with van der Waals surface area (Å²) in [6, 6.07) is 7.73. The van der Waals surface area contributed by atoms with E-state index in [1.165, 1.54) is 5.69 Å². The molecule has 0 amide bonds. The highest BCUT2D eigenvalue weighted by Crippen LogP contribution is 2.20. The Kier molecular flexibility index (Phi) is 3.29. The van der Waals surface area contributed by atoms with Crippen LogP contribution in [0.1, 0.15) is 0 Å². The number of hydrogen-bond donors (Lipinski definition) is 0. The molecule has 16 heavy (non-hydrogen) atoms. The van der Waals surface area contributed by atoms with Gasteiger partial charge in [-0.1, -0.05) is 17.2 Å². The van der Waals surface area contributed by atoms with E-state index in [1.807, 2.05) is 24.3 Å². The Balaban J connectivity index is 2.07. The van der Waals surface area contributed by atoms with Gasteiger partial charge in [0.2, 0.25) is 0 Å². The number of anilines is 1. The molecule has 1 heterocycles. The molecule has 0 radical (unpaired) electrons. The molecule has 0 atom stereocenters. The second-order valence-corrected chi connectivity index (χ2v) is 4.00. The summed E-state index contributed by atoms with van der Waals surface area (Å²) in [7, 11) is 2.14. The first-order chi connectivity index (χ1) is 7.79. The summed E-state index contributed by atoms with van der Waals surface area (Å²) in [5.74, 6) is 0. The summed E-state index contributed by atoms with van der Waals surface area (Å²) in [5.41, 5.74) is 10.2. The first-order valence-corrected chi connectivity index (χ1v) is 5.38. The predicted octanol–water partition coefficient (Wildman–Crippen LogP) is 2.38. The highest BCUT2D eigenvalue weighted by atomic mass is 15.2. The van der Waals surface area contributed by atoms with Gasteiger partial charge in [-0.25, -0.2) is 0 Å². The van der Waals surface area contributed by atoms with Crippen molar-refractivity contribution >= 4 is 11.4 Å². The monoisotopic (exact) mass is 217 g/mol. The second kappa shape index (κ2) is 4.88. The first-order valence-electron chi connectivity index (χ1n) is 5.38. The lowest BCUT2D eigenvalue weighted by Gasteiger charge is -2.34. The van der Waals surface area contributed by atoms with Crippen LogP contribution in [0.2, 0.25) is 0 Å². The van der Waals surface area contributed by atoms with Gasteiger partial charge in [0.1, 0.15) is 0 Å². The summed E-state index contributed by atoms with van der Waals surface area (Å²) in [5, 5.41) is 3.56. The third-order valence-electron chi connectivity index (χ3n) is 2.88. The maximum Gasteiger partial charge on any atom is 0.0376 e. The molecule has 0 N–H and O–H groups in total. The lowest BCUT2D eigenvalue weighted by molar-refractivity contribution is 0.313. The molecule has 1 aliphatic heterocycles. The minimum absolute atomic E-state index is 0.667. The Morgan fingerprint density at radius 2 is 1.75 bits per heavy atom. The van der Waals surface area contributed by atoms with Crippen LogP contribution in [0, 0.1) is 0 Å². The van der Waals surface area contributed by atoms with E-state index in [-0.39, 0.29) is 0 Å². The molecule has 0 aliphatic carbocycles. The summed E-state index contributed by atoms with van der Waals surface area (Å²) < 4.78 is 0. The molecule has 1 saturated heterocycles. The number of nitrogens with zero attached hydrogens (tertiary/aromatic N) is 5. The average Bonchev–Trinajstić information content (AvgIpc) is 2.32. The van der Waals surface area contributed by atoms with Crippen molar-refractivity contribution in [2.45, 2.75) is 0 Å². The van der Waals surface area contributed by atoms with Crippen LogP contribution < -0.4 is 4.90 Å². The largest absolute Gasteiger partial charge is 0.369 e. The second-order valence-electron chi connectivity index (χ2n) is 4.00. The summed E-state index contributed by atoms with van der Waals surface area (Å²) in [6.07, 6.45) is 0. The van der Waals surface area contributed by atoms with E-state index >= 15 is 0 Å². The minimum Gasteiger partial charge on any atom is -0.369 e. The van der Waals surface area contributed by atoms with Gasteiger partial charge in [0.15, 0.2) is 0 Å². The predicted molar refractivity (Wildman–Crippen MR) is 65.0 cm³/mol. The summed E-state index contributed by atoms with van der Waals surface area (Å²) in [4.78, 5) is 7.43. The fourth-order valence-electron chi connectivity index (χ4n) is 1.85. The Hall–Kier alpha value is -1.71. The standard InChI is InChI=1S/C11H15N5/c1-15-6-8-16(9-7-15)11-4-2-10(3-5-11)13-14-12/h2-5H,6-9H2,1H3. The number of piperazine rings is 1. The SMILES string of the molecule is CN1CCN(c2ccc(N=[N+]=[N-])cc2)CC1. The number of likely N-dealkylation sites (N-methyl/N-ethyl adjacent to an activating group) is 1. The zero-order valence-electron chi connectivity index (χ0n) is 9.37. The number of rotatable bonds is 2. The van der Waals surface area contributed by atoms with Crippen molar-refractivity contribution in [3.63, 3.8) is 0 Å². The fourth-order valence-corrected chi connectivity index (χ4v) is 1.85. The van der Waals surface area contributed by atoms with E-state index in [1.54, 1.807) is 0 Å². The van der Waals surface area contributed by atoms with E-state index in [0.29, 0.717) is 5.69 Å². The molecular formula is C11H15N5. The number of hydrogen-bond acceptors (Lipinski definition) is 3. The topological polar surface area (TPSA) is 55.2 Å². The van der Waals surface area contributed by atoms with Crippen molar-refractivity contribution < 1.29 is 0 Å². The molecule has 5 heteroatoms. The van der Waals surface area contributed by atoms with E-state index in [9.17, 15) is 0 Å². The Labute approximate surface area is 94.9 Å². The van der Waals surface area contributed by atoms with Crippen molar-refractivity contribution in [1.29, 1.82) is 0 Å². The first kappa shape index (κ1) is 10.8. The van der Waals surface area contributed by atoms with E-state index in [4.69, 9.17) is 5.53 Å². The Morgan fingerprint density at radius 3 is 2.31 bits per heavy atom. The van der Waals surface area contributed by atoms with Crippen LogP contribution in [-0.4, -0.2) is 38.1 Å². The zero-order chi connectivity index (χ0) is 11.4. The van der Waals surface area contributed by atoms with Crippen LogP contribution in [-0.2, 0) is 0 Å². The minimum atomic E-state index is 0.667. The maximum atomic E-state index is 8.31. The van der Waals surface area contributed by atoms with Crippen molar-refractivity contribution in [1.82, 2.24) is 4.90 Å². The van der Waals surface area contributed by atoms with Crippen molar-refractivity contribution in [3.8, 4) is 0 Å². The molecular weight excluding hydrogens is 202 g/mol. The molecule has 0 spiro atoms. The Bertz CT molecular complexity index is 385. The molecule has 84 valence electrons. The van der Waals surface area contributed by atoms with Gasteiger partial charge in [-0.3, -0.25) is 0 Å². The lowest BCUT2D eigenvalue weighted by atomic mass is 10.2. The smallest absolute Gasteiger partial charge is 0.0376 e. The maximum absolute atomic E-state index is 8.31. The normalized spacial score (nSPS) is 16.9. The van der Waals surface area contributed by atoms with Crippen molar-refractivity contribution in [2.75, 3.05) is 38.1 Å². The summed E-state index contributed by atoms with van der Waals surface area (Å²) in [6.45, 7) is 4.30. The van der Waals surface area contributed by atoms with Gasteiger partial charge in [0.05, 0.1) is 0 Å². The average molecular weight is 217 g/mol. The number of benzene rings is 1. The highest BCUT2D eigenvalue weighted by Gasteiger charge is 2.13. The molecule has 0 aromatic heterocycles. The molecule has 5 nitrogen and oxygen atoms in total. The quantitative estimate of drug-likeness (QED) is 0.434. The fraction of sp³-hybridized carbons (Fsp3) is 0.455. The van der Waals surface area contributed by atoms with Crippen molar-refractivity contribution in [2.24, 2.45) is 5.11 Å². The van der Waals surface area contributed by atoms with Gasteiger partial charge in [-0.15, -0.1) is 0 Å². The molecule has 1 aromatic rings. The van der Waals surface area contributed by atoms with E-state index < -0.39 is 0 Å². The third kappa shape index (κ3) is 2.45. The molecule has 0 bridgehead atoms. The van der Waals surface area contributed by atoms with Gasteiger partial charge >= 0.3 is 0 Å².